The number of urea groups is 1. The minimum Gasteiger partial charge on any atom is -0.494 e. The number of imide groups is 2. The molecule has 0 unspecified atom stereocenters. The Kier molecular flexibility index (Phi) is 7.88. The van der Waals surface area contributed by atoms with Gasteiger partial charge in [0.25, 0.3) is 11.8 Å². The van der Waals surface area contributed by atoms with Crippen LogP contribution in [0.4, 0.5) is 10.5 Å². The molecule has 1 aliphatic heterocycles. The fourth-order valence-corrected chi connectivity index (χ4v) is 3.71. The number of benzene rings is 3. The minimum absolute atomic E-state index is 0.179. The van der Waals surface area contributed by atoms with Crippen LogP contribution in [0.2, 0.25) is 0 Å². The zero-order chi connectivity index (χ0) is 26.4. The van der Waals surface area contributed by atoms with Crippen molar-refractivity contribution in [3.05, 3.63) is 89.0 Å². The van der Waals surface area contributed by atoms with Crippen molar-refractivity contribution in [1.82, 2.24) is 5.32 Å². The number of hydrogen-bond acceptors (Lipinski definition) is 6. The topological polar surface area (TPSA) is 94.2 Å². The van der Waals surface area contributed by atoms with Crippen LogP contribution in [0.1, 0.15) is 30.0 Å². The average molecular weight is 501 g/mol. The summed E-state index contributed by atoms with van der Waals surface area (Å²) in [4.78, 5) is 39.2. The summed E-state index contributed by atoms with van der Waals surface area (Å²) in [6, 6.07) is 18.8. The monoisotopic (exact) mass is 500 g/mol. The van der Waals surface area contributed by atoms with Crippen molar-refractivity contribution in [2.24, 2.45) is 0 Å². The molecule has 1 fully saturated rings. The molecule has 0 spiro atoms. The molecule has 3 aromatic rings. The van der Waals surface area contributed by atoms with Crippen LogP contribution in [0, 0.1) is 6.92 Å². The number of hydrogen-bond donors (Lipinski definition) is 1. The van der Waals surface area contributed by atoms with Crippen LogP contribution in [-0.4, -0.2) is 31.6 Å². The Morgan fingerprint density at radius 2 is 1.62 bits per heavy atom. The number of carbonyl (C=O) groups excluding carboxylic acids is 3. The molecular weight excluding hydrogens is 472 g/mol. The van der Waals surface area contributed by atoms with Crippen LogP contribution in [0.15, 0.2) is 72.3 Å². The molecule has 4 amide bonds. The number of ether oxygens (including phenoxy) is 3. The van der Waals surface area contributed by atoms with Gasteiger partial charge in [0.15, 0.2) is 11.5 Å². The molecule has 0 aliphatic carbocycles. The second-order valence-electron chi connectivity index (χ2n) is 8.48. The van der Waals surface area contributed by atoms with Gasteiger partial charge in [-0.2, -0.15) is 0 Å². The molecule has 0 aromatic heterocycles. The first-order chi connectivity index (χ1) is 17.9. The summed E-state index contributed by atoms with van der Waals surface area (Å²) in [7, 11) is 1.51. The minimum atomic E-state index is -0.813. The van der Waals surface area contributed by atoms with Gasteiger partial charge in [-0.05, 0) is 66.9 Å². The van der Waals surface area contributed by atoms with Gasteiger partial charge >= 0.3 is 6.03 Å². The third-order valence-electron chi connectivity index (χ3n) is 5.68. The molecule has 0 bridgehead atoms. The zero-order valence-corrected chi connectivity index (χ0v) is 20.9. The second-order valence-corrected chi connectivity index (χ2v) is 8.48. The summed E-state index contributed by atoms with van der Waals surface area (Å²) in [6.07, 6.45) is 2.28. The highest BCUT2D eigenvalue weighted by atomic mass is 16.5. The number of nitrogens with zero attached hydrogens (tertiary/aromatic N) is 1. The molecule has 1 heterocycles. The lowest BCUT2D eigenvalue weighted by Crippen LogP contribution is -2.54. The van der Waals surface area contributed by atoms with E-state index in [1.54, 1.807) is 42.5 Å². The van der Waals surface area contributed by atoms with Gasteiger partial charge in [0.1, 0.15) is 17.9 Å². The van der Waals surface area contributed by atoms with E-state index in [0.717, 1.165) is 16.9 Å². The molecular formula is C29H28N2O6. The van der Waals surface area contributed by atoms with Crippen molar-refractivity contribution >= 4 is 29.6 Å². The summed E-state index contributed by atoms with van der Waals surface area (Å²) in [6.45, 7) is 4.94. The maximum Gasteiger partial charge on any atom is 0.335 e. The summed E-state index contributed by atoms with van der Waals surface area (Å²) in [5.74, 6) is 0.0918. The Balaban J connectivity index is 1.54. The van der Waals surface area contributed by atoms with Crippen molar-refractivity contribution in [2.75, 3.05) is 18.6 Å². The Morgan fingerprint density at radius 3 is 2.30 bits per heavy atom. The van der Waals surface area contributed by atoms with Crippen LogP contribution in [-0.2, 0) is 16.2 Å². The Morgan fingerprint density at radius 1 is 0.892 bits per heavy atom. The molecule has 1 aliphatic rings. The summed E-state index contributed by atoms with van der Waals surface area (Å²) in [5, 5.41) is 2.23. The van der Waals surface area contributed by atoms with Crippen LogP contribution < -0.4 is 24.4 Å². The Bertz CT molecular complexity index is 1330. The molecule has 8 nitrogen and oxygen atoms in total. The number of anilines is 1. The zero-order valence-electron chi connectivity index (χ0n) is 20.9. The number of carbonyl (C=O) groups is 3. The van der Waals surface area contributed by atoms with E-state index < -0.39 is 17.8 Å². The van der Waals surface area contributed by atoms with Crippen molar-refractivity contribution < 1.29 is 28.6 Å². The lowest BCUT2D eigenvalue weighted by molar-refractivity contribution is -0.122. The summed E-state index contributed by atoms with van der Waals surface area (Å²) >= 11 is 0. The molecule has 1 saturated heterocycles. The molecule has 3 aromatic carbocycles. The van der Waals surface area contributed by atoms with E-state index in [9.17, 15) is 14.4 Å². The number of amides is 4. The van der Waals surface area contributed by atoms with Gasteiger partial charge in [0, 0.05) is 0 Å². The van der Waals surface area contributed by atoms with Gasteiger partial charge in [0.2, 0.25) is 0 Å². The highest BCUT2D eigenvalue weighted by molar-refractivity contribution is 6.39. The van der Waals surface area contributed by atoms with E-state index in [0.29, 0.717) is 41.7 Å². The van der Waals surface area contributed by atoms with E-state index in [-0.39, 0.29) is 5.57 Å². The molecule has 4 rings (SSSR count). The Hall–Kier alpha value is -4.59. The maximum absolute atomic E-state index is 13.2. The fraction of sp³-hybridized carbons (Fsp3) is 0.207. The molecule has 0 atom stereocenters. The number of methoxy groups -OCH3 is 1. The van der Waals surface area contributed by atoms with E-state index in [1.807, 2.05) is 38.1 Å². The predicted molar refractivity (Wildman–Crippen MR) is 140 cm³/mol. The smallest absolute Gasteiger partial charge is 0.335 e. The van der Waals surface area contributed by atoms with Gasteiger partial charge in [-0.3, -0.25) is 14.9 Å². The third-order valence-corrected chi connectivity index (χ3v) is 5.68. The molecule has 0 radical (unpaired) electrons. The van der Waals surface area contributed by atoms with Gasteiger partial charge in [-0.25, -0.2) is 9.69 Å². The standard InChI is InChI=1S/C29H28N2O6/c1-4-15-36-23-12-10-22(11-13-23)31-28(33)24(27(32)30-29(31)34)16-21-9-14-25(26(17-21)35-3)37-18-20-7-5-19(2)6-8-20/h5-14,16-17H,4,15,18H2,1-3H3,(H,30,32,34)/b24-16-. The van der Waals surface area contributed by atoms with E-state index in [4.69, 9.17) is 14.2 Å². The quantitative estimate of drug-likeness (QED) is 0.327. The highest BCUT2D eigenvalue weighted by Crippen LogP contribution is 2.31. The van der Waals surface area contributed by atoms with Gasteiger partial charge in [0.05, 0.1) is 19.4 Å². The summed E-state index contributed by atoms with van der Waals surface area (Å²) in [5.41, 5.74) is 2.86. The maximum atomic E-state index is 13.2. The van der Waals surface area contributed by atoms with E-state index >= 15 is 0 Å². The van der Waals surface area contributed by atoms with Crippen LogP contribution >= 0.6 is 0 Å². The number of aryl methyl sites for hydroxylation is 1. The first kappa shape index (κ1) is 25.5. The lowest BCUT2D eigenvalue weighted by Gasteiger charge is -2.26. The molecule has 0 saturated carbocycles. The van der Waals surface area contributed by atoms with E-state index in [2.05, 4.69) is 5.32 Å². The van der Waals surface area contributed by atoms with Crippen molar-refractivity contribution in [1.29, 1.82) is 0 Å². The SMILES string of the molecule is CCCOc1ccc(N2C(=O)NC(=O)/C(=C/c3ccc(OCc4ccc(C)cc4)c(OC)c3)C2=O)cc1. The second kappa shape index (κ2) is 11.4. The van der Waals surface area contributed by atoms with Crippen LogP contribution in [0.5, 0.6) is 17.2 Å². The largest absolute Gasteiger partial charge is 0.494 e. The van der Waals surface area contributed by atoms with Crippen LogP contribution in [0.25, 0.3) is 6.08 Å². The molecule has 1 N–H and O–H groups in total. The fourth-order valence-electron chi connectivity index (χ4n) is 3.71. The van der Waals surface area contributed by atoms with Crippen LogP contribution in [0.3, 0.4) is 0 Å². The lowest BCUT2D eigenvalue weighted by atomic mass is 10.1. The number of nitrogens with one attached hydrogen (secondary N) is 1. The molecule has 37 heavy (non-hydrogen) atoms. The number of rotatable bonds is 9. The van der Waals surface area contributed by atoms with Crippen molar-refractivity contribution in [3.63, 3.8) is 0 Å². The Labute approximate surface area is 215 Å². The van der Waals surface area contributed by atoms with Gasteiger partial charge in [-0.1, -0.05) is 42.8 Å². The van der Waals surface area contributed by atoms with Crippen molar-refractivity contribution in [3.8, 4) is 17.2 Å². The predicted octanol–water partition coefficient (Wildman–Crippen LogP) is 5.04. The van der Waals surface area contributed by atoms with Gasteiger partial charge in [-0.15, -0.1) is 0 Å². The average Bonchev–Trinajstić information content (AvgIpc) is 2.90. The third kappa shape index (κ3) is 5.98. The first-order valence-corrected chi connectivity index (χ1v) is 11.9. The number of barbiturate groups is 1. The summed E-state index contributed by atoms with van der Waals surface area (Å²) < 4.78 is 16.9. The molecule has 190 valence electrons. The normalized spacial score (nSPS) is 14.5. The first-order valence-electron chi connectivity index (χ1n) is 11.9. The molecule has 8 heteroatoms. The van der Waals surface area contributed by atoms with Crippen molar-refractivity contribution in [2.45, 2.75) is 26.9 Å². The van der Waals surface area contributed by atoms with Gasteiger partial charge < -0.3 is 14.2 Å². The highest BCUT2D eigenvalue weighted by Gasteiger charge is 2.36. The van der Waals surface area contributed by atoms with E-state index in [1.165, 1.54) is 18.7 Å².